The molecule has 2 heteroatoms. The van der Waals surface area contributed by atoms with Gasteiger partial charge in [-0.2, -0.15) is 0 Å². The molecule has 2 unspecified atom stereocenters. The van der Waals surface area contributed by atoms with Gasteiger partial charge in [0, 0.05) is 61.7 Å². The van der Waals surface area contributed by atoms with E-state index in [0.29, 0.717) is 11.8 Å². The van der Waals surface area contributed by atoms with Gasteiger partial charge in [-0.25, -0.2) is 0 Å². The lowest BCUT2D eigenvalue weighted by atomic mass is 9.74. The number of anilines is 6. The molecule has 378 valence electrons. The lowest BCUT2D eigenvalue weighted by Crippen LogP contribution is -2.24. The Morgan fingerprint density at radius 2 is 0.779 bits per heavy atom. The highest BCUT2D eigenvalue weighted by Crippen LogP contribution is 2.59. The second-order valence-corrected chi connectivity index (χ2v) is 26.1. The number of hydrogen-bond acceptors (Lipinski definition) is 2. The third kappa shape index (κ3) is 6.30. The smallest absolute Gasteiger partial charge is 0.0468 e. The highest BCUT2D eigenvalue weighted by atomic mass is 15.1. The molecule has 0 heterocycles. The molecule has 8 aromatic rings. The second-order valence-electron chi connectivity index (χ2n) is 26.1. The normalized spacial score (nSPS) is 20.5. The van der Waals surface area contributed by atoms with Crippen molar-refractivity contribution in [3.8, 4) is 33.4 Å². The minimum atomic E-state index is -0.292. The molecule has 7 aliphatic carbocycles. The molecule has 2 nitrogen and oxygen atoms in total. The van der Waals surface area contributed by atoms with Crippen LogP contribution in [0.3, 0.4) is 0 Å². The molecule has 0 fully saturated rings. The number of benzene rings is 8. The number of hydrogen-bond donors (Lipinski definition) is 0. The minimum Gasteiger partial charge on any atom is -0.310 e. The summed E-state index contributed by atoms with van der Waals surface area (Å²) in [6.07, 6.45) is 16.4. The van der Waals surface area contributed by atoms with Crippen molar-refractivity contribution in [3.05, 3.63) is 255 Å². The van der Waals surface area contributed by atoms with Crippen LogP contribution in [0.2, 0.25) is 0 Å². The van der Waals surface area contributed by atoms with Crippen LogP contribution in [0.15, 0.2) is 200 Å². The summed E-state index contributed by atoms with van der Waals surface area (Å²) in [6, 6.07) is 61.9. The van der Waals surface area contributed by atoms with Gasteiger partial charge < -0.3 is 9.80 Å². The topological polar surface area (TPSA) is 6.48 Å². The summed E-state index contributed by atoms with van der Waals surface area (Å²) in [5, 5.41) is 0. The molecule has 8 aromatic carbocycles. The van der Waals surface area contributed by atoms with Crippen LogP contribution in [0.25, 0.3) is 39.0 Å². The molecule has 0 bridgehead atoms. The largest absolute Gasteiger partial charge is 0.310 e. The van der Waals surface area contributed by atoms with Crippen LogP contribution in [0.1, 0.15) is 144 Å². The summed E-state index contributed by atoms with van der Waals surface area (Å²) in [6.45, 7) is 24.2. The molecule has 0 spiro atoms. The Hall–Kier alpha value is -7.68. The fraction of sp³-hybridized carbons (Fsp3) is 0.253. The van der Waals surface area contributed by atoms with Crippen molar-refractivity contribution in [2.24, 2.45) is 5.92 Å². The lowest BCUT2D eigenvalue weighted by Gasteiger charge is -2.31. The monoisotopic (exact) mass is 997 g/mol. The quantitative estimate of drug-likeness (QED) is 0.164. The minimum absolute atomic E-state index is 0.0412. The average Bonchev–Trinajstić information content (AvgIpc) is 4.27. The molecule has 0 saturated heterocycles. The highest BCUT2D eigenvalue weighted by Gasteiger charge is 2.46. The first-order chi connectivity index (χ1) is 37.0. The van der Waals surface area contributed by atoms with Crippen LogP contribution in [0, 0.1) is 5.92 Å². The van der Waals surface area contributed by atoms with Gasteiger partial charge in [-0.1, -0.05) is 196 Å². The van der Waals surface area contributed by atoms with E-state index < -0.39 is 0 Å². The molecule has 0 aromatic heterocycles. The van der Waals surface area contributed by atoms with E-state index in [-0.39, 0.29) is 27.1 Å². The molecule has 0 radical (unpaired) electrons. The molecule has 0 saturated carbocycles. The average molecular weight is 997 g/mol. The van der Waals surface area contributed by atoms with Crippen LogP contribution in [-0.4, -0.2) is 0 Å². The van der Waals surface area contributed by atoms with Gasteiger partial charge in [-0.15, -0.1) is 0 Å². The van der Waals surface area contributed by atoms with Crippen LogP contribution < -0.4 is 9.80 Å². The zero-order chi connectivity index (χ0) is 52.7. The zero-order valence-corrected chi connectivity index (χ0v) is 46.4. The maximum Gasteiger partial charge on any atom is 0.0468 e. The van der Waals surface area contributed by atoms with E-state index in [1.54, 1.807) is 5.57 Å². The first-order valence-corrected chi connectivity index (χ1v) is 28.4. The fourth-order valence-corrected chi connectivity index (χ4v) is 16.1. The van der Waals surface area contributed by atoms with Gasteiger partial charge in [0.1, 0.15) is 0 Å². The van der Waals surface area contributed by atoms with Gasteiger partial charge >= 0.3 is 0 Å². The van der Waals surface area contributed by atoms with E-state index >= 15 is 0 Å². The maximum atomic E-state index is 2.57. The Morgan fingerprint density at radius 3 is 1.34 bits per heavy atom. The summed E-state index contributed by atoms with van der Waals surface area (Å²) >= 11 is 0. The van der Waals surface area contributed by atoms with Crippen molar-refractivity contribution < 1.29 is 0 Å². The van der Waals surface area contributed by atoms with Crippen LogP contribution in [-0.2, 0) is 27.1 Å². The molecular weight excluding hydrogens is 929 g/mol. The van der Waals surface area contributed by atoms with Gasteiger partial charge in [-0.05, 0) is 192 Å². The number of allylic oxidation sites excluding steroid dienone is 8. The molecule has 0 aliphatic heterocycles. The number of fused-ring (bicyclic) bond motifs is 14. The Kier molecular flexibility index (Phi) is 9.52. The van der Waals surface area contributed by atoms with Gasteiger partial charge in [0.25, 0.3) is 0 Å². The SMILES string of the molecule is CC1(C)C2=C(C=CCC2)c2ccc(N(c3ccc4c(c3)C3C=CC=CC3C4(C)C)c3ccc4c(c3)C(C)(C)c3cc(N(c5ccc6c(c5)-c5ccccc5C6(C)C)c5ccc6c(c5)-c5ccccc5C6(C)C)ccc3-4)cc21. The van der Waals surface area contributed by atoms with Crippen molar-refractivity contribution in [1.29, 1.82) is 0 Å². The third-order valence-corrected chi connectivity index (χ3v) is 20.3. The van der Waals surface area contributed by atoms with Crippen LogP contribution in [0.5, 0.6) is 0 Å². The molecule has 2 atom stereocenters. The molecule has 0 N–H and O–H groups in total. The van der Waals surface area contributed by atoms with Crippen LogP contribution in [0.4, 0.5) is 34.1 Å². The van der Waals surface area contributed by atoms with E-state index in [2.05, 4.69) is 273 Å². The van der Waals surface area contributed by atoms with Gasteiger partial charge in [0.2, 0.25) is 0 Å². The second kappa shape index (κ2) is 15.7. The van der Waals surface area contributed by atoms with E-state index in [9.17, 15) is 0 Å². The Morgan fingerprint density at radius 1 is 0.364 bits per heavy atom. The first kappa shape index (κ1) is 46.6. The van der Waals surface area contributed by atoms with Crippen molar-refractivity contribution in [2.45, 2.75) is 115 Å². The van der Waals surface area contributed by atoms with Crippen molar-refractivity contribution in [3.63, 3.8) is 0 Å². The summed E-state index contributed by atoms with van der Waals surface area (Å²) in [7, 11) is 0. The lowest BCUT2D eigenvalue weighted by molar-refractivity contribution is 0.394. The molecule has 77 heavy (non-hydrogen) atoms. The molecule has 7 aliphatic rings. The zero-order valence-electron chi connectivity index (χ0n) is 46.4. The van der Waals surface area contributed by atoms with E-state index in [1.165, 1.54) is 129 Å². The van der Waals surface area contributed by atoms with Gasteiger partial charge in [0.05, 0.1) is 0 Å². The maximum absolute atomic E-state index is 2.57. The molecule has 15 rings (SSSR count). The van der Waals surface area contributed by atoms with Crippen molar-refractivity contribution in [2.75, 3.05) is 9.80 Å². The third-order valence-electron chi connectivity index (χ3n) is 20.3. The predicted octanol–water partition coefficient (Wildman–Crippen LogP) is 20.1. The summed E-state index contributed by atoms with van der Waals surface area (Å²) in [4.78, 5) is 5.10. The Balaban J connectivity index is 0.873. The van der Waals surface area contributed by atoms with Crippen LogP contribution >= 0.6 is 0 Å². The number of rotatable bonds is 6. The van der Waals surface area contributed by atoms with Gasteiger partial charge in [-0.3, -0.25) is 0 Å². The fourth-order valence-electron chi connectivity index (χ4n) is 16.1. The predicted molar refractivity (Wildman–Crippen MR) is 324 cm³/mol. The van der Waals surface area contributed by atoms with E-state index in [4.69, 9.17) is 0 Å². The Labute approximate surface area is 456 Å². The first-order valence-electron chi connectivity index (χ1n) is 28.4. The Bertz CT molecular complexity index is 3940. The molecule has 0 amide bonds. The standard InChI is InChI=1S/C75H68N2/c1-71(2)62-24-16-12-20-52(62)58-39-45(30-36-65(58)71)76(46-31-37-66-59(40-46)53-21-13-17-25-63(53)72(66,3)4)48-28-34-56-57-35-29-50(44-70(57)75(9,10)69(56)43-48)77(47-32-38-67-60(41-47)54-22-14-18-26-64(54)73(67,5)6)49-27-33-55-51-19-11-15-23-61(51)74(7,8)68(55)42-49/h11-14,16-22,24-44,54,64H,15,23H2,1-10H3. The molecular formula is C75H68N2. The van der Waals surface area contributed by atoms with E-state index in [1.807, 2.05) is 0 Å². The number of nitrogens with zero attached hydrogens (tertiary/aromatic N) is 2. The van der Waals surface area contributed by atoms with Crippen molar-refractivity contribution in [1.82, 2.24) is 0 Å². The van der Waals surface area contributed by atoms with Gasteiger partial charge in [0.15, 0.2) is 0 Å². The summed E-state index contributed by atoms with van der Waals surface area (Å²) < 4.78 is 0. The summed E-state index contributed by atoms with van der Waals surface area (Å²) in [5.74, 6) is 0.797. The van der Waals surface area contributed by atoms with Crippen molar-refractivity contribution >= 4 is 39.7 Å². The van der Waals surface area contributed by atoms with E-state index in [0.717, 1.165) is 12.8 Å². The highest BCUT2D eigenvalue weighted by molar-refractivity contribution is 5.94. The summed E-state index contributed by atoms with van der Waals surface area (Å²) in [5.41, 5.74) is 31.6.